The maximum Gasteiger partial charge on any atom is 0.247 e. The third kappa shape index (κ3) is 6.51. The van der Waals surface area contributed by atoms with Crippen molar-refractivity contribution in [3.8, 4) is 5.75 Å². The third-order valence-corrected chi connectivity index (χ3v) is 3.58. The van der Waals surface area contributed by atoms with E-state index < -0.39 is 38.0 Å². The molecule has 3 aromatic rings. The van der Waals surface area contributed by atoms with E-state index >= 15 is 0 Å². The minimum Gasteiger partial charge on any atom is -0.491 e. The van der Waals surface area contributed by atoms with Crippen molar-refractivity contribution in [2.24, 2.45) is 0 Å². The number of benzene rings is 2. The number of hydrogen-bond donors (Lipinski definition) is 3. The van der Waals surface area contributed by atoms with Crippen molar-refractivity contribution in [3.63, 3.8) is 0 Å². The van der Waals surface area contributed by atoms with Crippen LogP contribution in [0.15, 0.2) is 67.3 Å². The molecule has 1 amide bonds. The molecule has 9 heteroatoms. The van der Waals surface area contributed by atoms with Crippen LogP contribution in [-0.2, 0) is 9.53 Å². The van der Waals surface area contributed by atoms with E-state index in [0.29, 0.717) is 5.69 Å². The Balaban J connectivity index is 1.74. The number of aromatic nitrogens is 2. The molecule has 0 saturated carbocycles. The van der Waals surface area contributed by atoms with Crippen LogP contribution in [-0.4, -0.2) is 36.1 Å². The Morgan fingerprint density at radius 2 is 2.10 bits per heavy atom. The first-order valence-electron chi connectivity index (χ1n) is 12.7. The lowest BCUT2D eigenvalue weighted by molar-refractivity contribution is -0.111. The zero-order chi connectivity index (χ0) is 29.0. The molecule has 0 spiro atoms. The first-order valence-corrected chi connectivity index (χ1v) is 8.71. The van der Waals surface area contributed by atoms with Gasteiger partial charge in [0, 0.05) is 24.1 Å². The topological polar surface area (TPSA) is 97.4 Å². The molecule has 0 atom stereocenters. The number of anilines is 5. The number of amides is 1. The summed E-state index contributed by atoms with van der Waals surface area (Å²) in [5.41, 5.74) is 0.0151. The van der Waals surface area contributed by atoms with Crippen LogP contribution in [0.4, 0.5) is 33.2 Å². The highest BCUT2D eigenvalue weighted by Gasteiger charge is 2.09. The van der Waals surface area contributed by atoms with Crippen LogP contribution in [0.1, 0.15) is 11.0 Å². The van der Waals surface area contributed by atoms with Crippen LogP contribution in [0.2, 0.25) is 0 Å². The van der Waals surface area contributed by atoms with E-state index in [2.05, 4.69) is 37.2 Å². The molecule has 3 N–H and O–H groups in total. The van der Waals surface area contributed by atoms with Gasteiger partial charge in [0.2, 0.25) is 11.9 Å². The van der Waals surface area contributed by atoms with Gasteiger partial charge in [-0.1, -0.05) is 12.6 Å². The van der Waals surface area contributed by atoms with Crippen molar-refractivity contribution in [1.29, 1.82) is 0 Å². The van der Waals surface area contributed by atoms with Crippen molar-refractivity contribution in [2.75, 3.05) is 36.2 Å². The van der Waals surface area contributed by atoms with Gasteiger partial charge in [0.15, 0.2) is 11.6 Å². The number of hydrogen-bond acceptors (Lipinski definition) is 7. The molecule has 8 nitrogen and oxygen atoms in total. The average Bonchev–Trinajstić information content (AvgIpc) is 2.84. The summed E-state index contributed by atoms with van der Waals surface area (Å²) in [6.45, 7) is 0.0808. The first-order chi connectivity index (χ1) is 18.2. The Bertz CT molecular complexity index is 1370. The Morgan fingerprint density at radius 1 is 1.29 bits per heavy atom. The second-order valence-electron chi connectivity index (χ2n) is 5.70. The summed E-state index contributed by atoms with van der Waals surface area (Å²) in [6.07, 6.45) is 1.81. The standard InChI is InChI=1S/C22H22FN5O3/c1-3-20(29)25-16-5-4-6-17(13-16)26-21-19(23)14-24-22(28-21)27-15-7-9-18(10-8-15)31-12-11-30-2/h3-10,13-14H,1,11-12H2,2H3,(H,25,29)(H2,24,26,27,28)/i2D3,5D,6D,11D2,13D. The van der Waals surface area contributed by atoms with Crippen LogP contribution in [0.3, 0.4) is 0 Å². The maximum absolute atomic E-state index is 14.5. The summed E-state index contributed by atoms with van der Waals surface area (Å²) < 4.78 is 84.5. The number of ether oxygens (including phenoxy) is 2. The van der Waals surface area contributed by atoms with Gasteiger partial charge in [0.25, 0.3) is 0 Å². The van der Waals surface area contributed by atoms with Crippen molar-refractivity contribution >= 4 is 34.7 Å². The number of methoxy groups -OCH3 is 1. The predicted molar refractivity (Wildman–Crippen MR) is 118 cm³/mol. The van der Waals surface area contributed by atoms with E-state index in [1.807, 2.05) is 0 Å². The highest BCUT2D eigenvalue weighted by atomic mass is 19.1. The van der Waals surface area contributed by atoms with E-state index in [0.717, 1.165) is 18.3 Å². The lowest BCUT2D eigenvalue weighted by Crippen LogP contribution is -2.07. The van der Waals surface area contributed by atoms with Gasteiger partial charge in [-0.2, -0.15) is 4.98 Å². The average molecular weight is 431 g/mol. The SMILES string of the molecule is [2H]c1cc([2H])c(Nc2nc(Nc3ccc(OCC([2H])([2H])OC([2H])([2H])[2H])cc3)ncc2F)c([2H])c1NC(=O)C=C. The quantitative estimate of drug-likeness (QED) is 0.413. The molecule has 0 aliphatic carbocycles. The van der Waals surface area contributed by atoms with Crippen LogP contribution in [0, 0.1) is 5.82 Å². The van der Waals surface area contributed by atoms with Crippen molar-refractivity contribution in [3.05, 3.63) is 73.1 Å². The number of carbonyl (C=O) groups is 1. The molecule has 3 rings (SSSR count). The molecule has 160 valence electrons. The monoisotopic (exact) mass is 431 g/mol. The van der Waals surface area contributed by atoms with Crippen molar-refractivity contribution < 1.29 is 29.6 Å². The molecule has 0 aliphatic heterocycles. The molecule has 0 fully saturated rings. The first kappa shape index (κ1) is 13.3. The molecule has 0 radical (unpaired) electrons. The molecule has 31 heavy (non-hydrogen) atoms. The molecule has 1 heterocycles. The number of carbonyl (C=O) groups excluding carboxylic acids is 1. The van der Waals surface area contributed by atoms with E-state index in [9.17, 15) is 9.18 Å². The van der Waals surface area contributed by atoms with Crippen LogP contribution < -0.4 is 20.7 Å². The Hall–Kier alpha value is -3.98. The van der Waals surface area contributed by atoms with Gasteiger partial charge in [-0.25, -0.2) is 9.37 Å². The van der Waals surface area contributed by atoms with Gasteiger partial charge in [0.05, 0.1) is 23.7 Å². The smallest absolute Gasteiger partial charge is 0.247 e. The zero-order valence-electron chi connectivity index (χ0n) is 24.0. The Kier molecular flexibility index (Phi) is 4.61. The summed E-state index contributed by atoms with van der Waals surface area (Å²) in [6, 6.07) is 5.98. The zero-order valence-corrected chi connectivity index (χ0v) is 16.0. The van der Waals surface area contributed by atoms with E-state index in [1.54, 1.807) is 0 Å². The maximum atomic E-state index is 14.5. The minimum atomic E-state index is -2.93. The molecule has 0 aliphatic rings. The highest BCUT2D eigenvalue weighted by molar-refractivity contribution is 5.99. The number of nitrogens with one attached hydrogen (secondary N) is 3. The Labute approximate surface area is 190 Å². The van der Waals surface area contributed by atoms with Gasteiger partial charge < -0.3 is 25.4 Å². The number of nitrogens with zero attached hydrogens (tertiary/aromatic N) is 2. The highest BCUT2D eigenvalue weighted by Crippen LogP contribution is 2.23. The van der Waals surface area contributed by atoms with Crippen LogP contribution >= 0.6 is 0 Å². The van der Waals surface area contributed by atoms with Gasteiger partial charge in [0.1, 0.15) is 12.4 Å². The summed E-state index contributed by atoms with van der Waals surface area (Å²) in [5, 5.41) is 7.68. The summed E-state index contributed by atoms with van der Waals surface area (Å²) >= 11 is 0. The lowest BCUT2D eigenvalue weighted by atomic mass is 10.2. The normalized spacial score (nSPS) is 14.9. The van der Waals surface area contributed by atoms with Crippen molar-refractivity contribution in [2.45, 2.75) is 0 Å². The van der Waals surface area contributed by atoms with Gasteiger partial charge in [-0.3, -0.25) is 4.79 Å². The van der Waals surface area contributed by atoms with Gasteiger partial charge in [-0.05, 0) is 48.5 Å². The van der Waals surface area contributed by atoms with E-state index in [1.165, 1.54) is 24.3 Å². The second kappa shape index (κ2) is 10.7. The molecule has 0 unspecified atom stereocenters. The summed E-state index contributed by atoms with van der Waals surface area (Å²) in [7, 11) is -2.93. The predicted octanol–water partition coefficient (Wildman–Crippen LogP) is 4.25. The molecule has 1 aromatic heterocycles. The molecule has 0 saturated heterocycles. The second-order valence-corrected chi connectivity index (χ2v) is 5.70. The molecule has 2 aromatic carbocycles. The van der Waals surface area contributed by atoms with Gasteiger partial charge >= 0.3 is 0 Å². The molecular weight excluding hydrogens is 401 g/mol. The van der Waals surface area contributed by atoms with Crippen LogP contribution in [0.5, 0.6) is 5.75 Å². The Morgan fingerprint density at radius 3 is 2.87 bits per heavy atom. The van der Waals surface area contributed by atoms with Crippen LogP contribution in [0.25, 0.3) is 0 Å². The van der Waals surface area contributed by atoms with Gasteiger partial charge in [-0.15, -0.1) is 0 Å². The van der Waals surface area contributed by atoms with E-state index in [-0.39, 0.29) is 41.0 Å². The fourth-order valence-corrected chi connectivity index (χ4v) is 2.23. The molecule has 0 bridgehead atoms. The number of rotatable bonds is 10. The summed E-state index contributed by atoms with van der Waals surface area (Å²) in [5.74, 6) is -1.80. The third-order valence-electron chi connectivity index (χ3n) is 3.58. The van der Waals surface area contributed by atoms with E-state index in [4.69, 9.17) is 15.7 Å². The number of halogens is 1. The minimum absolute atomic E-state index is 0.0645. The summed E-state index contributed by atoms with van der Waals surface area (Å²) in [4.78, 5) is 19.5. The van der Waals surface area contributed by atoms with Crippen molar-refractivity contribution in [1.82, 2.24) is 9.97 Å². The largest absolute Gasteiger partial charge is 0.491 e. The molecular formula is C22H22FN5O3. The lowest BCUT2D eigenvalue weighted by Gasteiger charge is -2.11. The fourth-order valence-electron chi connectivity index (χ4n) is 2.23. The fraction of sp³-hybridized carbons (Fsp3) is 0.136.